The molecule has 0 atom stereocenters. The summed E-state index contributed by atoms with van der Waals surface area (Å²) in [5.74, 6) is 2.53. The van der Waals surface area contributed by atoms with Crippen molar-refractivity contribution < 1.29 is 13.2 Å². The maximum atomic E-state index is 12.5. The fourth-order valence-electron chi connectivity index (χ4n) is 5.34. The highest BCUT2D eigenvalue weighted by molar-refractivity contribution is 5.06. The van der Waals surface area contributed by atoms with Gasteiger partial charge in [0.15, 0.2) is 0 Å². The Kier molecular flexibility index (Phi) is 2.82. The van der Waals surface area contributed by atoms with Crippen LogP contribution in [0, 0.1) is 23.7 Å². The minimum atomic E-state index is -4.28. The summed E-state index contributed by atoms with van der Waals surface area (Å²) in [7, 11) is 0. The number of halogens is 3. The van der Waals surface area contributed by atoms with Crippen LogP contribution >= 0.6 is 0 Å². The summed E-state index contributed by atoms with van der Waals surface area (Å²) in [4.78, 5) is 14.5. The number of nitrogens with one attached hydrogen (secondary N) is 1. The number of hydrogen-bond donors (Lipinski definition) is 1. The Balaban J connectivity index is 1.63. The molecule has 21 heavy (non-hydrogen) atoms. The Bertz CT molecular complexity index is 573. The molecule has 0 aliphatic heterocycles. The predicted molar refractivity (Wildman–Crippen MR) is 70.9 cm³/mol. The van der Waals surface area contributed by atoms with Gasteiger partial charge in [-0.1, -0.05) is 0 Å². The average molecular weight is 300 g/mol. The van der Waals surface area contributed by atoms with Gasteiger partial charge >= 0.3 is 11.9 Å². The lowest BCUT2D eigenvalue weighted by Crippen LogP contribution is -2.47. The number of aromatic amines is 1. The fourth-order valence-corrected chi connectivity index (χ4v) is 5.34. The summed E-state index contributed by atoms with van der Waals surface area (Å²) in [6.07, 6.45) is 1.98. The van der Waals surface area contributed by atoms with Gasteiger partial charge in [-0.05, 0) is 55.8 Å². The van der Waals surface area contributed by atoms with E-state index < -0.39 is 12.6 Å². The van der Waals surface area contributed by atoms with Crippen LogP contribution in [0.4, 0.5) is 13.2 Å². The number of rotatable bonds is 2. The highest BCUT2D eigenvalue weighted by Gasteiger charge is 2.49. The van der Waals surface area contributed by atoms with Crippen LogP contribution in [0.1, 0.15) is 43.8 Å². The van der Waals surface area contributed by atoms with Crippen LogP contribution in [0.3, 0.4) is 0 Å². The van der Waals surface area contributed by atoms with Crippen molar-refractivity contribution in [2.45, 2.75) is 50.7 Å². The molecule has 4 bridgehead atoms. The van der Waals surface area contributed by atoms with E-state index in [0.29, 0.717) is 11.8 Å². The average Bonchev–Trinajstić information content (AvgIpc) is 2.66. The van der Waals surface area contributed by atoms with E-state index in [1.807, 2.05) is 0 Å². The Morgan fingerprint density at radius 3 is 2.19 bits per heavy atom. The first-order valence-corrected chi connectivity index (χ1v) is 7.76. The Hall–Kier alpha value is -1.20. The quantitative estimate of drug-likeness (QED) is 0.894. The van der Waals surface area contributed by atoms with Gasteiger partial charge in [0.05, 0.1) is 6.42 Å². The lowest BCUT2D eigenvalue weighted by atomic mass is 9.54. The van der Waals surface area contributed by atoms with Crippen molar-refractivity contribution in [2.75, 3.05) is 0 Å². The van der Waals surface area contributed by atoms with E-state index in [2.05, 4.69) is 4.98 Å². The molecular weight excluding hydrogens is 281 g/mol. The molecular formula is C15H19F3N2O. The second-order valence-electron chi connectivity index (χ2n) is 7.21. The molecule has 1 aromatic rings. The van der Waals surface area contributed by atoms with E-state index in [1.165, 1.54) is 12.6 Å². The van der Waals surface area contributed by atoms with Crippen LogP contribution in [-0.4, -0.2) is 15.7 Å². The zero-order chi connectivity index (χ0) is 14.8. The van der Waals surface area contributed by atoms with Crippen LogP contribution in [0.2, 0.25) is 0 Å². The maximum Gasteiger partial charge on any atom is 0.394 e. The van der Waals surface area contributed by atoms with Gasteiger partial charge in [0, 0.05) is 17.9 Å². The Labute approximate surface area is 120 Å². The lowest BCUT2D eigenvalue weighted by Gasteiger charge is -2.54. The molecule has 5 rings (SSSR count). The summed E-state index contributed by atoms with van der Waals surface area (Å²) in [5, 5.41) is 0. The molecule has 0 aromatic carbocycles. The van der Waals surface area contributed by atoms with E-state index >= 15 is 0 Å². The molecule has 6 heteroatoms. The molecule has 4 saturated carbocycles. The zero-order valence-corrected chi connectivity index (χ0v) is 11.7. The third-order valence-corrected chi connectivity index (χ3v) is 5.69. The zero-order valence-electron chi connectivity index (χ0n) is 11.7. The summed E-state index contributed by atoms with van der Waals surface area (Å²) in [5.41, 5.74) is -0.381. The molecule has 116 valence electrons. The summed E-state index contributed by atoms with van der Waals surface area (Å²) in [6, 6.07) is 0.114. The smallest absolute Gasteiger partial charge is 0.310 e. The third kappa shape index (κ3) is 2.32. The van der Waals surface area contributed by atoms with Crippen molar-refractivity contribution in [3.05, 3.63) is 22.4 Å². The number of hydrogen-bond acceptors (Lipinski definition) is 1. The SMILES string of the molecule is O=c1[nH]c(CC(F)(F)F)cn1C1C2CC3CC(C2)CC1C3. The number of aromatic nitrogens is 2. The molecule has 0 amide bonds. The maximum absolute atomic E-state index is 12.5. The molecule has 0 radical (unpaired) electrons. The van der Waals surface area contributed by atoms with E-state index in [-0.39, 0.29) is 17.4 Å². The molecule has 4 aliphatic carbocycles. The van der Waals surface area contributed by atoms with Crippen LogP contribution in [0.15, 0.2) is 11.0 Å². The third-order valence-electron chi connectivity index (χ3n) is 5.69. The van der Waals surface area contributed by atoms with Crippen LogP contribution in [-0.2, 0) is 6.42 Å². The standard InChI is InChI=1S/C15H19F3N2O/c16-15(17,18)6-12-7-20(14(21)19-12)13-10-2-8-1-9(4-10)5-11(13)3-8/h7-11,13H,1-6H2,(H,19,21). The second-order valence-corrected chi connectivity index (χ2v) is 7.21. The minimum Gasteiger partial charge on any atom is -0.310 e. The fraction of sp³-hybridized carbons (Fsp3) is 0.800. The van der Waals surface area contributed by atoms with Crippen LogP contribution in [0.5, 0.6) is 0 Å². The van der Waals surface area contributed by atoms with Gasteiger partial charge < -0.3 is 4.98 Å². The largest absolute Gasteiger partial charge is 0.394 e. The van der Waals surface area contributed by atoms with Gasteiger partial charge in [-0.2, -0.15) is 13.2 Å². The van der Waals surface area contributed by atoms with E-state index in [1.54, 1.807) is 4.57 Å². The summed E-state index contributed by atoms with van der Waals surface area (Å²) >= 11 is 0. The number of imidazole rings is 1. The first-order valence-electron chi connectivity index (χ1n) is 7.76. The number of H-pyrrole nitrogens is 1. The van der Waals surface area contributed by atoms with Gasteiger partial charge in [-0.3, -0.25) is 4.57 Å². The predicted octanol–water partition coefficient (Wildman–Crippen LogP) is 3.28. The normalized spacial score (nSPS) is 38.1. The van der Waals surface area contributed by atoms with E-state index in [9.17, 15) is 18.0 Å². The van der Waals surface area contributed by atoms with Gasteiger partial charge in [0.2, 0.25) is 0 Å². The van der Waals surface area contributed by atoms with E-state index in [0.717, 1.165) is 37.5 Å². The summed E-state index contributed by atoms with van der Waals surface area (Å²) in [6.45, 7) is 0. The van der Waals surface area contributed by atoms with Crippen molar-refractivity contribution >= 4 is 0 Å². The molecule has 4 aliphatic rings. The topological polar surface area (TPSA) is 37.8 Å². The molecule has 4 fully saturated rings. The molecule has 1 heterocycles. The molecule has 0 spiro atoms. The van der Waals surface area contributed by atoms with Crippen molar-refractivity contribution in [3.63, 3.8) is 0 Å². The first-order chi connectivity index (χ1) is 9.89. The number of nitrogens with zero attached hydrogens (tertiary/aromatic N) is 1. The monoisotopic (exact) mass is 300 g/mol. The summed E-state index contributed by atoms with van der Waals surface area (Å²) < 4.78 is 39.0. The highest BCUT2D eigenvalue weighted by Crippen LogP contribution is 2.57. The van der Waals surface area contributed by atoms with Crippen molar-refractivity contribution in [1.82, 2.24) is 9.55 Å². The lowest BCUT2D eigenvalue weighted by molar-refractivity contribution is -0.127. The molecule has 0 saturated heterocycles. The molecule has 1 N–H and O–H groups in total. The minimum absolute atomic E-state index is 0.0127. The highest BCUT2D eigenvalue weighted by atomic mass is 19.4. The van der Waals surface area contributed by atoms with Gasteiger partial charge in [0.1, 0.15) is 0 Å². The van der Waals surface area contributed by atoms with Crippen molar-refractivity contribution in [2.24, 2.45) is 23.7 Å². The van der Waals surface area contributed by atoms with Gasteiger partial charge in [-0.15, -0.1) is 0 Å². The first kappa shape index (κ1) is 13.5. The molecule has 0 unspecified atom stereocenters. The van der Waals surface area contributed by atoms with Crippen LogP contribution < -0.4 is 5.69 Å². The van der Waals surface area contributed by atoms with Crippen LogP contribution in [0.25, 0.3) is 0 Å². The van der Waals surface area contributed by atoms with Gasteiger partial charge in [0.25, 0.3) is 0 Å². The van der Waals surface area contributed by atoms with Crippen molar-refractivity contribution in [3.8, 4) is 0 Å². The Morgan fingerprint density at radius 1 is 1.10 bits per heavy atom. The Morgan fingerprint density at radius 2 is 1.67 bits per heavy atom. The molecule has 1 aromatic heterocycles. The van der Waals surface area contributed by atoms with E-state index in [4.69, 9.17) is 0 Å². The molecule has 3 nitrogen and oxygen atoms in total. The number of alkyl halides is 3. The second kappa shape index (κ2) is 4.40. The van der Waals surface area contributed by atoms with Crippen molar-refractivity contribution in [1.29, 1.82) is 0 Å². The van der Waals surface area contributed by atoms with Gasteiger partial charge in [-0.25, -0.2) is 4.79 Å².